The summed E-state index contributed by atoms with van der Waals surface area (Å²) in [6.45, 7) is 13.3. The van der Waals surface area contributed by atoms with Gasteiger partial charge in [-0.25, -0.2) is 0 Å². The molecule has 0 saturated heterocycles. The molecule has 1 aliphatic rings. The third kappa shape index (κ3) is 10.8. The first-order chi connectivity index (χ1) is 16.5. The van der Waals surface area contributed by atoms with E-state index in [2.05, 4.69) is 46.9 Å². The number of carbonyl (C=O) groups is 2. The Morgan fingerprint density at radius 1 is 1.17 bits per heavy atom. The van der Waals surface area contributed by atoms with Crippen LogP contribution in [0.1, 0.15) is 85.5 Å². The largest absolute Gasteiger partial charge is 0.545 e. The number of ether oxygens (including phenoxy) is 1. The van der Waals surface area contributed by atoms with Crippen molar-refractivity contribution in [3.8, 4) is 0 Å². The van der Waals surface area contributed by atoms with Crippen LogP contribution in [0.25, 0.3) is 0 Å². The fraction of sp³-hybridized carbons (Fsp3) is 0.786. The van der Waals surface area contributed by atoms with Crippen LogP contribution in [-0.2, 0) is 18.8 Å². The van der Waals surface area contributed by atoms with Crippen molar-refractivity contribution in [3.05, 3.63) is 22.8 Å². The summed E-state index contributed by atoms with van der Waals surface area (Å²) in [6, 6.07) is 0. The van der Waals surface area contributed by atoms with Gasteiger partial charge in [0.15, 0.2) is 5.78 Å². The lowest BCUT2D eigenvalue weighted by atomic mass is 9.76. The highest BCUT2D eigenvalue weighted by Gasteiger charge is 2.43. The van der Waals surface area contributed by atoms with Gasteiger partial charge in [0.05, 0.1) is 24.9 Å². The predicted octanol–water partition coefficient (Wildman–Crippen LogP) is 6.93. The first-order valence-corrected chi connectivity index (χ1v) is 16.8. The van der Waals surface area contributed by atoms with E-state index in [4.69, 9.17) is 9.16 Å². The molecule has 7 heteroatoms. The Hall–Kier alpha value is -1.05. The van der Waals surface area contributed by atoms with Crippen molar-refractivity contribution in [2.24, 2.45) is 23.2 Å². The Balaban J connectivity index is 3.14. The number of thioether (sulfide) groups is 1. The van der Waals surface area contributed by atoms with Crippen LogP contribution in [0.4, 0.5) is 0 Å². The molecule has 0 amide bonds. The first-order valence-electron chi connectivity index (χ1n) is 13.2. The van der Waals surface area contributed by atoms with E-state index in [0.29, 0.717) is 18.8 Å². The maximum absolute atomic E-state index is 13.3. The Kier molecular flexibility index (Phi) is 14.6. The molecule has 0 bridgehead atoms. The molecule has 0 aromatic carbocycles. The Bertz CT molecular complexity index is 725. The van der Waals surface area contributed by atoms with Crippen LogP contribution < -0.4 is 0 Å². The standard InChI is InChI=1S/C28H49O5SSi/c1-9-10-12-15-20(28(2,3)4)18-23(33-35(7)8)21-19-24(34-6)27(31)26(21)22(29)16-13-11-14-17-25(30)32-5/h18-22,26,29H,9-17H2,1-8H3/b23-18-. The lowest BCUT2D eigenvalue weighted by Crippen LogP contribution is -2.33. The van der Waals surface area contributed by atoms with Crippen LogP contribution in [0.15, 0.2) is 22.8 Å². The number of rotatable bonds is 16. The quantitative estimate of drug-likeness (QED) is 0.102. The van der Waals surface area contributed by atoms with E-state index in [1.54, 1.807) is 0 Å². The number of unbranched alkanes of at least 4 members (excludes halogenated alkanes) is 4. The average Bonchev–Trinajstić information content (AvgIpc) is 3.12. The highest BCUT2D eigenvalue weighted by molar-refractivity contribution is 8.03. The number of Topliss-reactive ketones (excluding diaryl/α,β-unsaturated/α-hetero) is 1. The van der Waals surface area contributed by atoms with Crippen molar-refractivity contribution < 1.29 is 23.9 Å². The number of ketones is 1. The number of hydrogen-bond acceptors (Lipinski definition) is 6. The highest BCUT2D eigenvalue weighted by Crippen LogP contribution is 2.42. The van der Waals surface area contributed by atoms with Crippen molar-refractivity contribution >= 4 is 32.6 Å². The third-order valence-electron chi connectivity index (χ3n) is 6.75. The fourth-order valence-electron chi connectivity index (χ4n) is 4.63. The van der Waals surface area contributed by atoms with Crippen LogP contribution in [0.5, 0.6) is 0 Å². The second kappa shape index (κ2) is 15.9. The molecule has 0 spiro atoms. The number of allylic oxidation sites excluding steroid dienone is 3. The van der Waals surface area contributed by atoms with Crippen LogP contribution >= 0.6 is 11.8 Å². The van der Waals surface area contributed by atoms with Gasteiger partial charge in [-0.3, -0.25) is 9.59 Å². The van der Waals surface area contributed by atoms with Gasteiger partial charge in [-0.05, 0) is 56.0 Å². The van der Waals surface area contributed by atoms with Gasteiger partial charge < -0.3 is 14.3 Å². The van der Waals surface area contributed by atoms with Gasteiger partial charge >= 0.3 is 5.97 Å². The van der Waals surface area contributed by atoms with E-state index < -0.39 is 21.1 Å². The van der Waals surface area contributed by atoms with Crippen molar-refractivity contribution in [1.82, 2.24) is 0 Å². The summed E-state index contributed by atoms with van der Waals surface area (Å²) in [6.07, 6.45) is 13.4. The summed E-state index contributed by atoms with van der Waals surface area (Å²) in [7, 11) is 0.348. The summed E-state index contributed by atoms with van der Waals surface area (Å²) < 4.78 is 11.2. The zero-order chi connectivity index (χ0) is 26.6. The first kappa shape index (κ1) is 32.0. The Labute approximate surface area is 220 Å². The van der Waals surface area contributed by atoms with Gasteiger partial charge in [0, 0.05) is 17.2 Å². The fourth-order valence-corrected chi connectivity index (χ4v) is 5.92. The van der Waals surface area contributed by atoms with E-state index >= 15 is 0 Å². The van der Waals surface area contributed by atoms with Crippen LogP contribution in [0.2, 0.25) is 13.1 Å². The normalized spacial score (nSPS) is 20.7. The minimum atomic E-state index is -1.05. The molecule has 0 heterocycles. The molecule has 1 N–H and O–H groups in total. The zero-order valence-electron chi connectivity index (χ0n) is 23.3. The molecule has 201 valence electrons. The molecule has 1 rings (SSSR count). The lowest BCUT2D eigenvalue weighted by Gasteiger charge is -2.32. The lowest BCUT2D eigenvalue weighted by molar-refractivity contribution is -0.140. The monoisotopic (exact) mass is 525 g/mol. The smallest absolute Gasteiger partial charge is 0.305 e. The molecular weight excluding hydrogens is 476 g/mol. The summed E-state index contributed by atoms with van der Waals surface area (Å²) in [5.74, 6) is 0.281. The molecule has 1 radical (unpaired) electrons. The molecule has 0 aliphatic heterocycles. The molecule has 0 saturated carbocycles. The predicted molar refractivity (Wildman–Crippen MR) is 148 cm³/mol. The Morgan fingerprint density at radius 2 is 1.83 bits per heavy atom. The molecule has 35 heavy (non-hydrogen) atoms. The van der Waals surface area contributed by atoms with Crippen LogP contribution in [-0.4, -0.2) is 45.4 Å². The molecule has 0 fully saturated rings. The van der Waals surface area contributed by atoms with Crippen molar-refractivity contribution in [1.29, 1.82) is 0 Å². The zero-order valence-corrected chi connectivity index (χ0v) is 25.1. The van der Waals surface area contributed by atoms with Gasteiger partial charge in [-0.15, -0.1) is 11.8 Å². The van der Waals surface area contributed by atoms with Crippen molar-refractivity contribution in [3.63, 3.8) is 0 Å². The van der Waals surface area contributed by atoms with E-state index in [9.17, 15) is 14.7 Å². The van der Waals surface area contributed by atoms with E-state index in [1.807, 2.05) is 12.3 Å². The number of esters is 1. The summed E-state index contributed by atoms with van der Waals surface area (Å²) in [4.78, 5) is 25.4. The summed E-state index contributed by atoms with van der Waals surface area (Å²) in [5, 5.41) is 11.2. The highest BCUT2D eigenvalue weighted by atomic mass is 32.2. The average molecular weight is 526 g/mol. The molecule has 4 unspecified atom stereocenters. The molecular formula is C28H49O5SSi. The van der Waals surface area contributed by atoms with E-state index in [-0.39, 0.29) is 23.1 Å². The van der Waals surface area contributed by atoms with Crippen LogP contribution in [0, 0.1) is 23.2 Å². The molecule has 4 atom stereocenters. The maximum atomic E-state index is 13.3. The van der Waals surface area contributed by atoms with Crippen molar-refractivity contribution in [2.45, 2.75) is 105 Å². The van der Waals surface area contributed by atoms with E-state index in [1.165, 1.54) is 38.1 Å². The number of methoxy groups -OCH3 is 1. The third-order valence-corrected chi connectivity index (χ3v) is 8.17. The minimum Gasteiger partial charge on any atom is -0.545 e. The second-order valence-electron chi connectivity index (χ2n) is 10.9. The molecule has 0 aromatic rings. The minimum absolute atomic E-state index is 0.0262. The van der Waals surface area contributed by atoms with Crippen molar-refractivity contribution in [2.75, 3.05) is 13.4 Å². The number of hydrogen-bond donors (Lipinski definition) is 1. The summed E-state index contributed by atoms with van der Waals surface area (Å²) >= 11 is 1.46. The topological polar surface area (TPSA) is 72.8 Å². The molecule has 0 aromatic heterocycles. The van der Waals surface area contributed by atoms with Gasteiger partial charge in [0.25, 0.3) is 9.04 Å². The van der Waals surface area contributed by atoms with Gasteiger partial charge in [-0.1, -0.05) is 65.9 Å². The Morgan fingerprint density at radius 3 is 2.37 bits per heavy atom. The van der Waals surface area contributed by atoms with Gasteiger partial charge in [0.2, 0.25) is 0 Å². The number of aliphatic hydroxyl groups is 1. The molecule has 1 aliphatic carbocycles. The second-order valence-corrected chi connectivity index (χ2v) is 13.8. The number of carbonyl (C=O) groups excluding carboxylic acids is 2. The SMILES string of the molecule is CCCCCC(/C=C(\O[Si](C)C)C1C=C(SC)C(=O)C1C(O)CCCCCC(=O)OC)C(C)(C)C. The van der Waals surface area contributed by atoms with E-state index in [0.717, 1.165) is 36.3 Å². The van der Waals surface area contributed by atoms with Gasteiger partial charge in [-0.2, -0.15) is 0 Å². The van der Waals surface area contributed by atoms with Gasteiger partial charge in [0.1, 0.15) is 0 Å². The number of aliphatic hydroxyl groups excluding tert-OH is 1. The maximum Gasteiger partial charge on any atom is 0.305 e. The van der Waals surface area contributed by atoms with Crippen LogP contribution in [0.3, 0.4) is 0 Å². The summed E-state index contributed by atoms with van der Waals surface area (Å²) in [5.41, 5.74) is 0.0825. The molecule has 5 nitrogen and oxygen atoms in total.